The number of nitrogens with one attached hydrogen (secondary N) is 1. The van der Waals surface area contributed by atoms with Crippen LogP contribution < -0.4 is 5.32 Å². The molecule has 0 bridgehead atoms. The van der Waals surface area contributed by atoms with Crippen molar-refractivity contribution >= 4 is 22.7 Å². The molecule has 4 aromatic rings. The van der Waals surface area contributed by atoms with E-state index in [-0.39, 0.29) is 24.4 Å². The average molecular weight is 468 g/mol. The van der Waals surface area contributed by atoms with Crippen molar-refractivity contribution in [2.75, 3.05) is 0 Å². The lowest BCUT2D eigenvalue weighted by atomic mass is 9.93. The third kappa shape index (κ3) is 3.53. The first-order valence-electron chi connectivity index (χ1n) is 12.3. The van der Waals surface area contributed by atoms with Gasteiger partial charge in [0.05, 0.1) is 30.0 Å². The maximum absolute atomic E-state index is 14.3. The second-order valence-electron chi connectivity index (χ2n) is 9.83. The number of amides is 2. The number of fused-ring (bicyclic) bond motifs is 3. The Morgan fingerprint density at radius 2 is 1.80 bits per heavy atom. The topological polar surface area (TPSA) is 72.2 Å². The van der Waals surface area contributed by atoms with Gasteiger partial charge in [0.15, 0.2) is 0 Å². The van der Waals surface area contributed by atoms with Crippen LogP contribution in [0.5, 0.6) is 0 Å². The molecule has 1 fully saturated rings. The summed E-state index contributed by atoms with van der Waals surface area (Å²) in [6.07, 6.45) is 9.88. The number of pyridine rings is 1. The van der Waals surface area contributed by atoms with Crippen LogP contribution in [0.4, 0.5) is 0 Å². The Labute approximate surface area is 204 Å². The largest absolute Gasteiger partial charge is 0.351 e. The summed E-state index contributed by atoms with van der Waals surface area (Å²) in [7, 11) is 0. The number of para-hydroxylation sites is 1. The van der Waals surface area contributed by atoms with E-state index in [0.29, 0.717) is 12.2 Å². The molecule has 1 N–H and O–H groups in total. The Morgan fingerprint density at radius 1 is 1.06 bits per heavy atom. The molecule has 6 rings (SSSR count). The van der Waals surface area contributed by atoms with Gasteiger partial charge in [-0.05, 0) is 50.1 Å². The van der Waals surface area contributed by atoms with Crippen molar-refractivity contribution in [1.82, 2.24) is 24.3 Å². The minimum Gasteiger partial charge on any atom is -0.351 e. The highest BCUT2D eigenvalue weighted by atomic mass is 16.2. The third-order valence-corrected chi connectivity index (χ3v) is 7.54. The highest BCUT2D eigenvalue weighted by Gasteiger charge is 2.49. The van der Waals surface area contributed by atoms with E-state index in [1.54, 1.807) is 11.1 Å². The molecule has 7 nitrogen and oxygen atoms in total. The van der Waals surface area contributed by atoms with Crippen molar-refractivity contribution in [3.63, 3.8) is 0 Å². The zero-order valence-electron chi connectivity index (χ0n) is 19.9. The van der Waals surface area contributed by atoms with Crippen LogP contribution >= 0.6 is 0 Å². The minimum absolute atomic E-state index is 0.0976. The van der Waals surface area contributed by atoms with Crippen LogP contribution in [-0.2, 0) is 17.9 Å². The monoisotopic (exact) mass is 467 g/mol. The molecule has 1 aliphatic carbocycles. The lowest BCUT2D eigenvalue weighted by molar-refractivity contribution is -0.133. The molecular weight excluding hydrogens is 438 g/mol. The van der Waals surface area contributed by atoms with Gasteiger partial charge < -0.3 is 19.4 Å². The van der Waals surface area contributed by atoms with Crippen molar-refractivity contribution < 1.29 is 9.59 Å². The lowest BCUT2D eigenvalue weighted by Gasteiger charge is -2.44. The number of rotatable bonds is 5. The van der Waals surface area contributed by atoms with Gasteiger partial charge in [-0.1, -0.05) is 37.1 Å². The van der Waals surface area contributed by atoms with Crippen molar-refractivity contribution in [1.29, 1.82) is 0 Å². The summed E-state index contributed by atoms with van der Waals surface area (Å²) in [5.41, 5.74) is 2.11. The van der Waals surface area contributed by atoms with Gasteiger partial charge in [0.2, 0.25) is 5.91 Å². The van der Waals surface area contributed by atoms with Crippen LogP contribution in [0.15, 0.2) is 73.2 Å². The molecule has 2 amide bonds. The van der Waals surface area contributed by atoms with Gasteiger partial charge in [-0.25, -0.2) is 0 Å². The molecule has 1 aliphatic heterocycles. The van der Waals surface area contributed by atoms with Crippen molar-refractivity contribution in [2.45, 2.75) is 57.3 Å². The molecule has 1 atom stereocenters. The standard InChI is InChI=1S/C28H29N5O2/c1-28(27(35)30-20-10-2-3-11-20)19-32-23-14-5-4-13-22(23)24(31-16-8-9-17-31)25(32)26(34)33(28)18-21-12-6-7-15-29-21/h4-9,12-17,20H,2-3,10-11,18-19H2,1H3,(H,30,35)/t28-/m0/s1. The highest BCUT2D eigenvalue weighted by molar-refractivity contribution is 6.08. The quantitative estimate of drug-likeness (QED) is 0.476. The molecular formula is C28H29N5O2. The molecule has 2 aliphatic rings. The molecule has 178 valence electrons. The normalized spacial score (nSPS) is 20.4. The summed E-state index contributed by atoms with van der Waals surface area (Å²) in [5.74, 6) is -0.259. The predicted molar refractivity (Wildman–Crippen MR) is 134 cm³/mol. The van der Waals surface area contributed by atoms with Crippen LogP contribution in [-0.4, -0.2) is 42.4 Å². The molecule has 4 heterocycles. The van der Waals surface area contributed by atoms with Gasteiger partial charge in [0.1, 0.15) is 11.2 Å². The predicted octanol–water partition coefficient (Wildman–Crippen LogP) is 4.30. The number of nitrogens with zero attached hydrogens (tertiary/aromatic N) is 4. The zero-order chi connectivity index (χ0) is 24.0. The van der Waals surface area contributed by atoms with Gasteiger partial charge >= 0.3 is 0 Å². The van der Waals surface area contributed by atoms with Crippen LogP contribution in [0.1, 0.15) is 48.8 Å². The molecule has 0 radical (unpaired) electrons. The average Bonchev–Trinajstić information content (AvgIpc) is 3.63. The van der Waals surface area contributed by atoms with Crippen molar-refractivity contribution in [3.05, 3.63) is 84.6 Å². The van der Waals surface area contributed by atoms with Gasteiger partial charge in [-0.2, -0.15) is 0 Å². The highest BCUT2D eigenvalue weighted by Crippen LogP contribution is 2.38. The van der Waals surface area contributed by atoms with E-state index in [9.17, 15) is 9.59 Å². The summed E-state index contributed by atoms with van der Waals surface area (Å²) in [4.78, 5) is 34.4. The fraction of sp³-hybridized carbons (Fsp3) is 0.321. The fourth-order valence-electron chi connectivity index (χ4n) is 5.66. The lowest BCUT2D eigenvalue weighted by Crippen LogP contribution is -2.64. The van der Waals surface area contributed by atoms with Crippen LogP contribution in [0, 0.1) is 0 Å². The van der Waals surface area contributed by atoms with E-state index < -0.39 is 5.54 Å². The van der Waals surface area contributed by atoms with E-state index in [1.807, 2.05) is 83.0 Å². The number of carbonyl (C=O) groups excluding carboxylic acids is 2. The van der Waals surface area contributed by atoms with E-state index in [1.165, 1.54) is 0 Å². The SMILES string of the molecule is C[C@@]1(C(=O)NC2CCCC2)Cn2c(c(-n3cccc3)c3ccccc32)C(=O)N1Cc1ccccn1. The van der Waals surface area contributed by atoms with Gasteiger partial charge in [0.25, 0.3) is 5.91 Å². The number of benzene rings is 1. The summed E-state index contributed by atoms with van der Waals surface area (Å²) in [5, 5.41) is 4.26. The Balaban J connectivity index is 1.51. The Morgan fingerprint density at radius 3 is 2.54 bits per heavy atom. The Kier molecular flexibility index (Phi) is 5.20. The summed E-state index contributed by atoms with van der Waals surface area (Å²) < 4.78 is 4.03. The maximum atomic E-state index is 14.3. The number of hydrogen-bond acceptors (Lipinski definition) is 3. The van der Waals surface area contributed by atoms with E-state index in [2.05, 4.69) is 10.3 Å². The third-order valence-electron chi connectivity index (χ3n) is 7.54. The summed E-state index contributed by atoms with van der Waals surface area (Å²) >= 11 is 0. The summed E-state index contributed by atoms with van der Waals surface area (Å²) in [6, 6.07) is 17.8. The zero-order valence-corrected chi connectivity index (χ0v) is 19.9. The first-order valence-corrected chi connectivity index (χ1v) is 12.3. The van der Waals surface area contributed by atoms with Crippen molar-refractivity contribution in [2.24, 2.45) is 0 Å². The summed E-state index contributed by atoms with van der Waals surface area (Å²) in [6.45, 7) is 2.54. The van der Waals surface area contributed by atoms with Crippen molar-refractivity contribution in [3.8, 4) is 5.69 Å². The first-order chi connectivity index (χ1) is 17.1. The molecule has 0 unspecified atom stereocenters. The van der Waals surface area contributed by atoms with Crippen LogP contribution in [0.25, 0.3) is 16.6 Å². The van der Waals surface area contributed by atoms with E-state index in [4.69, 9.17) is 0 Å². The molecule has 7 heteroatoms. The number of aromatic nitrogens is 3. The maximum Gasteiger partial charge on any atom is 0.274 e. The first kappa shape index (κ1) is 21.6. The second kappa shape index (κ2) is 8.41. The molecule has 3 aromatic heterocycles. The van der Waals surface area contributed by atoms with E-state index in [0.717, 1.165) is 48.0 Å². The molecule has 1 saturated carbocycles. The minimum atomic E-state index is -1.06. The van der Waals surface area contributed by atoms with Crippen LogP contribution in [0.3, 0.4) is 0 Å². The van der Waals surface area contributed by atoms with Gasteiger partial charge in [-0.15, -0.1) is 0 Å². The van der Waals surface area contributed by atoms with Crippen LogP contribution in [0.2, 0.25) is 0 Å². The second-order valence-corrected chi connectivity index (χ2v) is 9.83. The molecule has 1 aromatic carbocycles. The van der Waals surface area contributed by atoms with E-state index >= 15 is 0 Å². The molecule has 0 spiro atoms. The number of hydrogen-bond donors (Lipinski definition) is 1. The van der Waals surface area contributed by atoms with Gasteiger partial charge in [0, 0.05) is 30.0 Å². The fourth-order valence-corrected chi connectivity index (χ4v) is 5.66. The molecule has 0 saturated heterocycles. The smallest absolute Gasteiger partial charge is 0.274 e. The Bertz CT molecular complexity index is 1390. The van der Waals surface area contributed by atoms with Gasteiger partial charge in [-0.3, -0.25) is 14.6 Å². The Hall–Kier alpha value is -3.87. The number of carbonyl (C=O) groups is 2. The molecule has 35 heavy (non-hydrogen) atoms.